The summed E-state index contributed by atoms with van der Waals surface area (Å²) in [4.78, 5) is 31.0. The highest BCUT2D eigenvalue weighted by molar-refractivity contribution is 5.86. The summed E-state index contributed by atoms with van der Waals surface area (Å²) in [5, 5.41) is 12.9. The molecule has 0 aromatic carbocycles. The molecule has 2 atom stereocenters. The molecule has 7 heteroatoms. The maximum atomic E-state index is 11.0. The molecule has 13 heavy (non-hydrogen) atoms. The maximum Gasteiger partial charge on any atom is 0.325 e. The first kappa shape index (κ1) is 11.3. The third-order valence-corrected chi connectivity index (χ3v) is 1.37. The molecule has 0 aliphatic rings. The Morgan fingerprint density at radius 3 is 2.23 bits per heavy atom. The number of hydrogen-bond acceptors (Lipinski definition) is 4. The lowest BCUT2D eigenvalue weighted by atomic mass is 10.3. The number of hydrogen-bond donors (Lipinski definition) is 3. The van der Waals surface area contributed by atoms with E-state index in [1.807, 2.05) is 5.43 Å². The van der Waals surface area contributed by atoms with E-state index in [-0.39, 0.29) is 0 Å². The average Bonchev–Trinajstić information content (AvgIpc) is 2.04. The number of carboxylic acids is 1. The number of carbonyl (C=O) groups excluding carboxylic acids is 1. The standard InChI is InChI=1S/C6H11N3O4/c1-3(8-9-13)5(10)7-4(2)6(11)12/h3-4H,1-2H3,(H,7,10)(H,8,13)(H,11,12)/t3?,4-/m0/s1. The van der Waals surface area contributed by atoms with Crippen molar-refractivity contribution in [3.8, 4) is 0 Å². The molecule has 1 unspecified atom stereocenters. The molecule has 0 aromatic rings. The van der Waals surface area contributed by atoms with Gasteiger partial charge in [-0.2, -0.15) is 0 Å². The topological polar surface area (TPSA) is 108 Å². The van der Waals surface area contributed by atoms with Gasteiger partial charge in [-0.25, -0.2) is 0 Å². The number of carboxylic acid groups (broad SMARTS) is 1. The highest BCUT2D eigenvalue weighted by Gasteiger charge is 2.18. The summed E-state index contributed by atoms with van der Waals surface area (Å²) in [5.74, 6) is -1.73. The van der Waals surface area contributed by atoms with Crippen molar-refractivity contribution >= 4 is 11.9 Å². The first-order valence-corrected chi connectivity index (χ1v) is 3.60. The number of rotatable bonds is 5. The Morgan fingerprint density at radius 1 is 1.31 bits per heavy atom. The van der Waals surface area contributed by atoms with Crippen molar-refractivity contribution in [2.45, 2.75) is 25.9 Å². The fourth-order valence-corrected chi connectivity index (χ4v) is 0.538. The Kier molecular flexibility index (Phi) is 4.42. The van der Waals surface area contributed by atoms with Crippen LogP contribution < -0.4 is 10.7 Å². The third-order valence-electron chi connectivity index (χ3n) is 1.37. The minimum Gasteiger partial charge on any atom is -0.480 e. The molecule has 74 valence electrons. The number of aliphatic carboxylic acids is 1. The normalized spacial score (nSPS) is 14.0. The molecule has 0 saturated carbocycles. The van der Waals surface area contributed by atoms with Crippen molar-refractivity contribution in [2.75, 3.05) is 0 Å². The highest BCUT2D eigenvalue weighted by Crippen LogP contribution is 1.86. The van der Waals surface area contributed by atoms with Gasteiger partial charge in [0.05, 0.1) is 5.29 Å². The monoisotopic (exact) mass is 189 g/mol. The van der Waals surface area contributed by atoms with Gasteiger partial charge >= 0.3 is 5.97 Å². The van der Waals surface area contributed by atoms with Crippen LogP contribution in [0.25, 0.3) is 0 Å². The van der Waals surface area contributed by atoms with Gasteiger partial charge in [0.1, 0.15) is 12.1 Å². The van der Waals surface area contributed by atoms with E-state index in [0.717, 1.165) is 0 Å². The number of nitrogens with one attached hydrogen (secondary N) is 2. The van der Waals surface area contributed by atoms with Gasteiger partial charge < -0.3 is 10.4 Å². The van der Waals surface area contributed by atoms with E-state index in [4.69, 9.17) is 5.11 Å². The smallest absolute Gasteiger partial charge is 0.325 e. The van der Waals surface area contributed by atoms with Crippen LogP contribution in [0.5, 0.6) is 0 Å². The fourth-order valence-electron chi connectivity index (χ4n) is 0.538. The van der Waals surface area contributed by atoms with E-state index in [2.05, 4.69) is 10.6 Å². The summed E-state index contributed by atoms with van der Waals surface area (Å²) in [7, 11) is 0. The lowest BCUT2D eigenvalue weighted by Gasteiger charge is -2.12. The summed E-state index contributed by atoms with van der Waals surface area (Å²) in [6.45, 7) is 2.71. The van der Waals surface area contributed by atoms with Crippen LogP contribution in [-0.2, 0) is 9.59 Å². The molecule has 0 saturated heterocycles. The third kappa shape index (κ3) is 4.04. The molecule has 3 N–H and O–H groups in total. The Bertz CT molecular complexity index is 218. The SMILES string of the molecule is CC(NN=O)C(=O)N[C@@H](C)C(=O)O. The Balaban J connectivity index is 3.99. The predicted octanol–water partition coefficient (Wildman–Crippen LogP) is -0.765. The highest BCUT2D eigenvalue weighted by atomic mass is 16.4. The Labute approximate surface area is 74.4 Å². The minimum absolute atomic E-state index is 0.588. The zero-order chi connectivity index (χ0) is 10.4. The Hall–Kier alpha value is -1.66. The van der Waals surface area contributed by atoms with Gasteiger partial charge in [0.2, 0.25) is 5.91 Å². The molecule has 0 radical (unpaired) electrons. The lowest BCUT2D eigenvalue weighted by Crippen LogP contribution is -2.46. The lowest BCUT2D eigenvalue weighted by molar-refractivity contribution is -0.141. The molecule has 0 aliphatic heterocycles. The molecule has 0 heterocycles. The van der Waals surface area contributed by atoms with Gasteiger partial charge in [0.25, 0.3) is 0 Å². The fraction of sp³-hybridized carbons (Fsp3) is 0.667. The van der Waals surface area contributed by atoms with Crippen LogP contribution in [0.1, 0.15) is 13.8 Å². The Morgan fingerprint density at radius 2 is 1.85 bits per heavy atom. The summed E-state index contributed by atoms with van der Waals surface area (Å²) in [6, 6.07) is -1.82. The van der Waals surface area contributed by atoms with Gasteiger partial charge in [-0.1, -0.05) is 0 Å². The summed E-state index contributed by atoms with van der Waals surface area (Å²) in [6.07, 6.45) is 0. The van der Waals surface area contributed by atoms with Gasteiger partial charge in [0.15, 0.2) is 0 Å². The molecule has 0 bridgehead atoms. The molecule has 7 nitrogen and oxygen atoms in total. The van der Waals surface area contributed by atoms with Crippen molar-refractivity contribution in [2.24, 2.45) is 5.29 Å². The maximum absolute atomic E-state index is 11.0. The molecule has 0 aromatic heterocycles. The number of nitrogens with zero attached hydrogens (tertiary/aromatic N) is 1. The van der Waals surface area contributed by atoms with E-state index in [9.17, 15) is 14.5 Å². The van der Waals surface area contributed by atoms with E-state index in [1.54, 1.807) is 0 Å². The summed E-state index contributed by atoms with van der Waals surface area (Å²) < 4.78 is 0. The second-order valence-corrected chi connectivity index (χ2v) is 2.51. The van der Waals surface area contributed by atoms with E-state index >= 15 is 0 Å². The predicted molar refractivity (Wildman–Crippen MR) is 43.6 cm³/mol. The zero-order valence-electron chi connectivity index (χ0n) is 7.27. The second kappa shape index (κ2) is 5.07. The molecular formula is C6H11N3O4. The minimum atomic E-state index is -1.14. The van der Waals surface area contributed by atoms with Crippen LogP contribution in [0.2, 0.25) is 0 Å². The van der Waals surface area contributed by atoms with Crippen LogP contribution in [0, 0.1) is 4.91 Å². The molecular weight excluding hydrogens is 178 g/mol. The number of nitroso groups, excluding NO2 is 1. The van der Waals surface area contributed by atoms with Crippen LogP contribution in [0.15, 0.2) is 5.29 Å². The van der Waals surface area contributed by atoms with Crippen LogP contribution >= 0.6 is 0 Å². The van der Waals surface area contributed by atoms with Gasteiger partial charge in [0, 0.05) is 0 Å². The van der Waals surface area contributed by atoms with Crippen LogP contribution in [0.3, 0.4) is 0 Å². The molecule has 0 fully saturated rings. The largest absolute Gasteiger partial charge is 0.480 e. The van der Waals surface area contributed by atoms with E-state index in [0.29, 0.717) is 0 Å². The van der Waals surface area contributed by atoms with Crippen LogP contribution in [0.4, 0.5) is 0 Å². The molecule has 0 rings (SSSR count). The molecule has 0 aliphatic carbocycles. The van der Waals surface area contributed by atoms with Crippen molar-refractivity contribution < 1.29 is 14.7 Å². The van der Waals surface area contributed by atoms with Crippen LogP contribution in [-0.4, -0.2) is 29.1 Å². The summed E-state index contributed by atoms with van der Waals surface area (Å²) in [5.41, 5.74) is 1.95. The average molecular weight is 189 g/mol. The van der Waals surface area contributed by atoms with Crippen molar-refractivity contribution in [1.82, 2.24) is 10.7 Å². The van der Waals surface area contributed by atoms with Crippen molar-refractivity contribution in [3.05, 3.63) is 4.91 Å². The zero-order valence-corrected chi connectivity index (χ0v) is 7.27. The van der Waals surface area contributed by atoms with Crippen molar-refractivity contribution in [3.63, 3.8) is 0 Å². The number of amides is 1. The summed E-state index contributed by atoms with van der Waals surface area (Å²) >= 11 is 0. The first-order valence-electron chi connectivity index (χ1n) is 3.60. The van der Waals surface area contributed by atoms with E-state index in [1.165, 1.54) is 13.8 Å². The van der Waals surface area contributed by atoms with Gasteiger partial charge in [-0.05, 0) is 13.8 Å². The second-order valence-electron chi connectivity index (χ2n) is 2.51. The molecule has 1 amide bonds. The van der Waals surface area contributed by atoms with Gasteiger partial charge in [-0.15, -0.1) is 4.91 Å². The first-order chi connectivity index (χ1) is 5.99. The van der Waals surface area contributed by atoms with Crippen molar-refractivity contribution in [1.29, 1.82) is 0 Å². The molecule has 0 spiro atoms. The van der Waals surface area contributed by atoms with E-state index < -0.39 is 24.0 Å². The number of carbonyl (C=O) groups is 2. The quantitative estimate of drug-likeness (QED) is 0.389. The van der Waals surface area contributed by atoms with Gasteiger partial charge in [-0.3, -0.25) is 15.0 Å².